The fourth-order valence-electron chi connectivity index (χ4n) is 1.94. The lowest BCUT2D eigenvalue weighted by Gasteiger charge is -2.01. The number of rotatable bonds is 3. The molecular weight excluding hydrogens is 326 g/mol. The Morgan fingerprint density at radius 2 is 2.21 bits per heavy atom. The number of hydrogen-bond donors (Lipinski definition) is 1. The molecule has 0 unspecified atom stereocenters. The van der Waals surface area contributed by atoms with Gasteiger partial charge in [-0.1, -0.05) is 22.0 Å². The van der Waals surface area contributed by atoms with Crippen LogP contribution >= 0.6 is 27.3 Å². The summed E-state index contributed by atoms with van der Waals surface area (Å²) in [4.78, 5) is 8.93. The van der Waals surface area contributed by atoms with Crippen LogP contribution in [0.4, 0.5) is 5.82 Å². The van der Waals surface area contributed by atoms with Gasteiger partial charge in [-0.2, -0.15) is 0 Å². The summed E-state index contributed by atoms with van der Waals surface area (Å²) in [5, 5.41) is 2.01. The van der Waals surface area contributed by atoms with Gasteiger partial charge in [0, 0.05) is 16.5 Å². The fraction of sp³-hybridized carbons (Fsp3) is 0.231. The summed E-state index contributed by atoms with van der Waals surface area (Å²) in [7, 11) is 0. The largest absolute Gasteiger partial charge is 0.382 e. The first-order chi connectivity index (χ1) is 9.19. The van der Waals surface area contributed by atoms with Crippen molar-refractivity contribution in [2.24, 2.45) is 0 Å². The van der Waals surface area contributed by atoms with Gasteiger partial charge in [0.1, 0.15) is 10.5 Å². The van der Waals surface area contributed by atoms with Crippen molar-refractivity contribution in [2.45, 2.75) is 13.5 Å². The maximum Gasteiger partial charge on any atom is 0.151 e. The van der Waals surface area contributed by atoms with Crippen molar-refractivity contribution in [3.63, 3.8) is 0 Å². The van der Waals surface area contributed by atoms with Gasteiger partial charge in [0.2, 0.25) is 0 Å². The molecule has 6 heteroatoms. The van der Waals surface area contributed by atoms with Crippen LogP contribution in [-0.4, -0.2) is 16.6 Å². The number of aromatic nitrogens is 2. The van der Waals surface area contributed by atoms with E-state index in [1.165, 1.54) is 0 Å². The number of nitrogen functional groups attached to an aromatic ring is 1. The van der Waals surface area contributed by atoms with E-state index in [2.05, 4.69) is 25.9 Å². The summed E-state index contributed by atoms with van der Waals surface area (Å²) >= 11 is 5.06. The number of halogens is 1. The third kappa shape index (κ3) is 2.31. The number of nitrogens with zero attached hydrogens (tertiary/aromatic N) is 2. The molecule has 2 heterocycles. The predicted molar refractivity (Wildman–Crippen MR) is 82.4 cm³/mol. The maximum atomic E-state index is 5.99. The Kier molecular flexibility index (Phi) is 3.38. The van der Waals surface area contributed by atoms with Gasteiger partial charge in [-0.05, 0) is 19.1 Å². The third-order valence-corrected chi connectivity index (χ3v) is 4.34. The lowest BCUT2D eigenvalue weighted by Crippen LogP contribution is -1.93. The molecule has 0 aliphatic heterocycles. The minimum atomic E-state index is 0.472. The highest BCUT2D eigenvalue weighted by atomic mass is 79.9. The molecule has 0 aliphatic carbocycles. The molecule has 98 valence electrons. The van der Waals surface area contributed by atoms with Gasteiger partial charge in [-0.3, -0.25) is 0 Å². The summed E-state index contributed by atoms with van der Waals surface area (Å²) in [6, 6.07) is 6.01. The van der Waals surface area contributed by atoms with Gasteiger partial charge in [-0.15, -0.1) is 11.3 Å². The first-order valence-electron chi connectivity index (χ1n) is 5.91. The van der Waals surface area contributed by atoms with Crippen LogP contribution in [0.3, 0.4) is 0 Å². The van der Waals surface area contributed by atoms with Gasteiger partial charge in [-0.25, -0.2) is 9.97 Å². The van der Waals surface area contributed by atoms with Crippen molar-refractivity contribution in [3.05, 3.63) is 27.7 Å². The van der Waals surface area contributed by atoms with Gasteiger partial charge < -0.3 is 10.5 Å². The zero-order valence-corrected chi connectivity index (χ0v) is 12.7. The van der Waals surface area contributed by atoms with Crippen molar-refractivity contribution in [1.29, 1.82) is 0 Å². The smallest absolute Gasteiger partial charge is 0.151 e. The molecule has 0 saturated carbocycles. The Morgan fingerprint density at radius 3 is 3.00 bits per heavy atom. The molecule has 0 atom stereocenters. The molecule has 0 radical (unpaired) electrons. The Bertz CT molecular complexity index is 756. The van der Waals surface area contributed by atoms with Crippen LogP contribution in [0, 0.1) is 0 Å². The van der Waals surface area contributed by atoms with E-state index in [9.17, 15) is 0 Å². The Morgan fingerprint density at radius 1 is 1.37 bits per heavy atom. The van der Waals surface area contributed by atoms with Crippen LogP contribution in [0.1, 0.15) is 11.9 Å². The molecule has 2 aromatic heterocycles. The predicted octanol–water partition coefficient (Wildman–Crippen LogP) is 3.73. The lowest BCUT2D eigenvalue weighted by molar-refractivity contribution is 0.134. The molecule has 0 bridgehead atoms. The second kappa shape index (κ2) is 5.03. The first-order valence-corrected chi connectivity index (χ1v) is 7.52. The van der Waals surface area contributed by atoms with E-state index in [-0.39, 0.29) is 0 Å². The topological polar surface area (TPSA) is 61.0 Å². The molecular formula is C13H12BrN3OS. The zero-order valence-electron chi connectivity index (χ0n) is 10.3. The average molecular weight is 338 g/mol. The summed E-state index contributed by atoms with van der Waals surface area (Å²) in [5.74, 6) is 0.472. The quantitative estimate of drug-likeness (QED) is 0.791. The Balaban J connectivity index is 2.24. The van der Waals surface area contributed by atoms with Crippen LogP contribution < -0.4 is 5.73 Å². The molecule has 19 heavy (non-hydrogen) atoms. The molecule has 0 aliphatic rings. The Hall–Kier alpha value is -1.24. The molecule has 0 amide bonds. The molecule has 3 rings (SSSR count). The van der Waals surface area contributed by atoms with Gasteiger partial charge in [0.15, 0.2) is 5.82 Å². The van der Waals surface area contributed by atoms with E-state index in [4.69, 9.17) is 10.5 Å². The fourth-order valence-corrected chi connectivity index (χ4v) is 3.34. The summed E-state index contributed by atoms with van der Waals surface area (Å²) in [6.07, 6.45) is 0. The van der Waals surface area contributed by atoms with Crippen molar-refractivity contribution in [3.8, 4) is 0 Å². The minimum Gasteiger partial charge on any atom is -0.382 e. The van der Waals surface area contributed by atoms with Crippen LogP contribution in [0.2, 0.25) is 0 Å². The van der Waals surface area contributed by atoms with Crippen molar-refractivity contribution in [2.75, 3.05) is 12.3 Å². The number of ether oxygens (including phenoxy) is 1. The average Bonchev–Trinajstić information content (AvgIpc) is 2.81. The number of nitrogens with two attached hydrogens (primary N) is 1. The highest BCUT2D eigenvalue weighted by Gasteiger charge is 2.12. The number of anilines is 1. The van der Waals surface area contributed by atoms with Crippen LogP contribution in [0.15, 0.2) is 22.7 Å². The second-order valence-corrected chi connectivity index (χ2v) is 6.08. The molecule has 1 aromatic carbocycles. The molecule has 2 N–H and O–H groups in total. The standard InChI is InChI=1S/C13H12BrN3OS/c1-2-18-6-10-17-11-12(19-10)8-4-3-7(14)5-9(8)16-13(11)15/h3-5H,2,6H2,1H3,(H2,15,16). The van der Waals surface area contributed by atoms with E-state index in [0.29, 0.717) is 19.0 Å². The first kappa shape index (κ1) is 12.8. The van der Waals surface area contributed by atoms with Gasteiger partial charge in [0.05, 0.1) is 16.8 Å². The van der Waals surface area contributed by atoms with E-state index < -0.39 is 0 Å². The summed E-state index contributed by atoms with van der Waals surface area (Å²) < 4.78 is 7.46. The third-order valence-electron chi connectivity index (χ3n) is 2.79. The van der Waals surface area contributed by atoms with E-state index in [1.807, 2.05) is 25.1 Å². The van der Waals surface area contributed by atoms with Crippen LogP contribution in [0.5, 0.6) is 0 Å². The van der Waals surface area contributed by atoms with Crippen LogP contribution in [0.25, 0.3) is 21.1 Å². The Labute approximate surface area is 122 Å². The molecule has 0 saturated heterocycles. The molecule has 0 spiro atoms. The second-order valence-electron chi connectivity index (χ2n) is 4.08. The van der Waals surface area contributed by atoms with Crippen molar-refractivity contribution < 1.29 is 4.74 Å². The highest BCUT2D eigenvalue weighted by molar-refractivity contribution is 9.10. The molecule has 4 nitrogen and oxygen atoms in total. The molecule has 3 aromatic rings. The molecule has 0 fully saturated rings. The van der Waals surface area contributed by atoms with E-state index in [0.717, 1.165) is 30.6 Å². The van der Waals surface area contributed by atoms with Crippen molar-refractivity contribution in [1.82, 2.24) is 9.97 Å². The van der Waals surface area contributed by atoms with Gasteiger partial charge in [0.25, 0.3) is 0 Å². The SMILES string of the molecule is CCOCc1nc2c(N)nc3cc(Br)ccc3c2s1. The van der Waals surface area contributed by atoms with Crippen LogP contribution in [-0.2, 0) is 11.3 Å². The summed E-state index contributed by atoms with van der Waals surface area (Å²) in [6.45, 7) is 3.17. The van der Waals surface area contributed by atoms with Crippen molar-refractivity contribution >= 4 is 54.2 Å². The van der Waals surface area contributed by atoms with Gasteiger partial charge >= 0.3 is 0 Å². The maximum absolute atomic E-state index is 5.99. The number of hydrogen-bond acceptors (Lipinski definition) is 5. The summed E-state index contributed by atoms with van der Waals surface area (Å²) in [5.41, 5.74) is 7.64. The number of thiazole rings is 1. The number of benzene rings is 1. The minimum absolute atomic E-state index is 0.472. The monoisotopic (exact) mass is 337 g/mol. The van der Waals surface area contributed by atoms with E-state index >= 15 is 0 Å². The number of fused-ring (bicyclic) bond motifs is 3. The lowest BCUT2D eigenvalue weighted by atomic mass is 10.2. The number of pyridine rings is 1. The van der Waals surface area contributed by atoms with E-state index in [1.54, 1.807) is 11.3 Å². The zero-order chi connectivity index (χ0) is 13.4. The highest BCUT2D eigenvalue weighted by Crippen LogP contribution is 2.33. The normalized spacial score (nSPS) is 11.5.